The lowest BCUT2D eigenvalue weighted by Crippen LogP contribution is -2.40. The van der Waals surface area contributed by atoms with Crippen LogP contribution in [0.25, 0.3) is 6.08 Å². The third-order valence-corrected chi connectivity index (χ3v) is 6.87. The van der Waals surface area contributed by atoms with E-state index in [0.717, 1.165) is 54.5 Å². The molecule has 2 atom stereocenters. The van der Waals surface area contributed by atoms with Crippen molar-refractivity contribution < 1.29 is 28.6 Å². The largest absolute Gasteiger partial charge is 0.497 e. The average molecular weight is 537 g/mol. The molecule has 8 nitrogen and oxygen atoms in total. The van der Waals surface area contributed by atoms with E-state index < -0.39 is 5.60 Å². The van der Waals surface area contributed by atoms with Crippen LogP contribution in [-0.4, -0.2) is 49.1 Å². The van der Waals surface area contributed by atoms with Crippen molar-refractivity contribution in [2.24, 2.45) is 0 Å². The molecule has 2 aliphatic rings. The minimum absolute atomic E-state index is 0.0710. The highest BCUT2D eigenvalue weighted by Gasteiger charge is 2.33. The predicted molar refractivity (Wildman–Crippen MR) is 149 cm³/mol. The number of rotatable bonds is 9. The smallest absolute Gasteiger partial charge is 0.410 e. The summed E-state index contributed by atoms with van der Waals surface area (Å²) < 4.78 is 16.5. The molecule has 8 heteroatoms. The minimum Gasteiger partial charge on any atom is -0.497 e. The molecule has 1 fully saturated rings. The van der Waals surface area contributed by atoms with Gasteiger partial charge < -0.3 is 19.1 Å². The number of amides is 2. The third kappa shape index (κ3) is 8.31. The SMILES string of the molecule is COc1ccc(CCN(C(=O)OC(C)(C)C)C2CCc3cc(/C=C/C(=O)NOC4CCCCO4)ccc32)cc1. The van der Waals surface area contributed by atoms with Gasteiger partial charge in [-0.25, -0.2) is 15.1 Å². The zero-order valence-corrected chi connectivity index (χ0v) is 23.4. The van der Waals surface area contributed by atoms with Crippen molar-refractivity contribution in [3.63, 3.8) is 0 Å². The first-order chi connectivity index (χ1) is 18.7. The van der Waals surface area contributed by atoms with Crippen LogP contribution in [0.5, 0.6) is 5.75 Å². The predicted octanol–water partition coefficient (Wildman–Crippen LogP) is 5.75. The Morgan fingerprint density at radius 3 is 2.59 bits per heavy atom. The lowest BCUT2D eigenvalue weighted by atomic mass is 10.0. The lowest BCUT2D eigenvalue weighted by molar-refractivity contribution is -0.198. The molecule has 0 radical (unpaired) electrons. The second-order valence-electron chi connectivity index (χ2n) is 11.0. The molecule has 1 saturated heterocycles. The maximum absolute atomic E-state index is 13.3. The molecule has 0 saturated carbocycles. The zero-order chi connectivity index (χ0) is 27.8. The minimum atomic E-state index is -0.584. The van der Waals surface area contributed by atoms with Gasteiger partial charge in [-0.3, -0.25) is 4.79 Å². The molecule has 210 valence electrons. The fourth-order valence-corrected chi connectivity index (χ4v) is 4.91. The fourth-order valence-electron chi connectivity index (χ4n) is 4.91. The van der Waals surface area contributed by atoms with Crippen molar-refractivity contribution >= 4 is 18.1 Å². The Balaban J connectivity index is 1.42. The van der Waals surface area contributed by atoms with Crippen LogP contribution in [0.4, 0.5) is 4.79 Å². The number of nitrogens with one attached hydrogen (secondary N) is 1. The van der Waals surface area contributed by atoms with Gasteiger partial charge in [0.25, 0.3) is 5.91 Å². The summed E-state index contributed by atoms with van der Waals surface area (Å²) in [4.78, 5) is 32.7. The molecule has 2 amide bonds. The Bertz CT molecular complexity index is 1150. The lowest BCUT2D eigenvalue weighted by Gasteiger charge is -2.32. The number of hydrogen-bond donors (Lipinski definition) is 1. The van der Waals surface area contributed by atoms with Gasteiger partial charge in [-0.1, -0.05) is 30.3 Å². The van der Waals surface area contributed by atoms with Gasteiger partial charge in [0.2, 0.25) is 0 Å². The molecular weight excluding hydrogens is 496 g/mol. The first-order valence-corrected chi connectivity index (χ1v) is 13.7. The van der Waals surface area contributed by atoms with Crippen LogP contribution in [0, 0.1) is 0 Å². The molecule has 2 aromatic carbocycles. The summed E-state index contributed by atoms with van der Waals surface area (Å²) >= 11 is 0. The summed E-state index contributed by atoms with van der Waals surface area (Å²) in [6, 6.07) is 14.0. The van der Waals surface area contributed by atoms with E-state index in [9.17, 15) is 9.59 Å². The molecule has 39 heavy (non-hydrogen) atoms. The second kappa shape index (κ2) is 13.1. The fraction of sp³-hybridized carbons (Fsp3) is 0.484. The van der Waals surface area contributed by atoms with Crippen LogP contribution in [-0.2, 0) is 31.9 Å². The van der Waals surface area contributed by atoms with E-state index in [-0.39, 0.29) is 24.3 Å². The van der Waals surface area contributed by atoms with Crippen LogP contribution in [0.15, 0.2) is 48.5 Å². The summed E-state index contributed by atoms with van der Waals surface area (Å²) in [5.41, 5.74) is 6.20. The van der Waals surface area contributed by atoms with Crippen molar-refractivity contribution in [3.05, 3.63) is 70.8 Å². The van der Waals surface area contributed by atoms with E-state index in [0.29, 0.717) is 19.6 Å². The summed E-state index contributed by atoms with van der Waals surface area (Å²) in [5, 5.41) is 0. The molecule has 0 aromatic heterocycles. The molecule has 0 spiro atoms. The van der Waals surface area contributed by atoms with Crippen LogP contribution >= 0.6 is 0 Å². The number of nitrogens with zero attached hydrogens (tertiary/aromatic N) is 1. The Hall–Kier alpha value is -3.36. The Morgan fingerprint density at radius 2 is 1.90 bits per heavy atom. The highest BCUT2D eigenvalue weighted by Crippen LogP contribution is 2.37. The quantitative estimate of drug-likeness (QED) is 0.324. The van der Waals surface area contributed by atoms with Gasteiger partial charge >= 0.3 is 6.09 Å². The number of hydroxylamine groups is 1. The van der Waals surface area contributed by atoms with Gasteiger partial charge in [-0.2, -0.15) is 0 Å². The number of carbonyl (C=O) groups excluding carboxylic acids is 2. The zero-order valence-electron chi connectivity index (χ0n) is 23.4. The Morgan fingerprint density at radius 1 is 1.10 bits per heavy atom. The number of hydrogen-bond acceptors (Lipinski definition) is 6. The molecule has 1 aliphatic heterocycles. The molecular formula is C31H40N2O6. The second-order valence-corrected chi connectivity index (χ2v) is 11.0. The highest BCUT2D eigenvalue weighted by molar-refractivity contribution is 5.91. The molecule has 2 unspecified atom stereocenters. The molecule has 2 aromatic rings. The maximum Gasteiger partial charge on any atom is 0.410 e. The van der Waals surface area contributed by atoms with Crippen molar-refractivity contribution in [1.29, 1.82) is 0 Å². The first-order valence-electron chi connectivity index (χ1n) is 13.7. The number of ether oxygens (including phenoxy) is 3. The van der Waals surface area contributed by atoms with Crippen molar-refractivity contribution in [2.75, 3.05) is 20.3 Å². The van der Waals surface area contributed by atoms with E-state index in [1.807, 2.05) is 56.0 Å². The number of carbonyl (C=O) groups is 2. The van der Waals surface area contributed by atoms with Crippen molar-refractivity contribution in [1.82, 2.24) is 10.4 Å². The van der Waals surface area contributed by atoms with Crippen molar-refractivity contribution in [2.45, 2.75) is 77.2 Å². The van der Waals surface area contributed by atoms with Crippen LogP contribution in [0.1, 0.15) is 74.8 Å². The maximum atomic E-state index is 13.3. The van der Waals surface area contributed by atoms with Gasteiger partial charge in [-0.05, 0) is 93.3 Å². The number of aryl methyl sites for hydroxylation is 1. The van der Waals surface area contributed by atoms with Crippen LogP contribution in [0.2, 0.25) is 0 Å². The third-order valence-electron chi connectivity index (χ3n) is 6.87. The Kier molecular flexibility index (Phi) is 9.64. The number of benzene rings is 2. The highest BCUT2D eigenvalue weighted by atomic mass is 16.8. The molecule has 1 aliphatic carbocycles. The average Bonchev–Trinajstić information content (AvgIpc) is 3.34. The van der Waals surface area contributed by atoms with Crippen LogP contribution < -0.4 is 10.2 Å². The summed E-state index contributed by atoms with van der Waals surface area (Å²) in [5.74, 6) is 0.470. The van der Waals surface area contributed by atoms with E-state index in [2.05, 4.69) is 17.6 Å². The van der Waals surface area contributed by atoms with Gasteiger partial charge in [0.1, 0.15) is 11.4 Å². The van der Waals surface area contributed by atoms with Gasteiger partial charge in [0, 0.05) is 25.6 Å². The van der Waals surface area contributed by atoms with E-state index in [1.165, 1.54) is 11.6 Å². The van der Waals surface area contributed by atoms with Crippen molar-refractivity contribution in [3.8, 4) is 5.75 Å². The molecule has 0 bridgehead atoms. The standard InChI is InChI=1S/C31H40N2O6/c1-31(2,3)38-30(35)33(19-18-22-8-13-25(36-4)14-9-22)27-16-12-24-21-23(10-15-26(24)27)11-17-28(34)32-39-29-7-5-6-20-37-29/h8-11,13-15,17,21,27,29H,5-7,12,16,18-20H2,1-4H3,(H,32,34)/b17-11+. The van der Waals surface area contributed by atoms with E-state index >= 15 is 0 Å². The first kappa shape index (κ1) is 28.6. The Labute approximate surface area is 231 Å². The summed E-state index contributed by atoms with van der Waals surface area (Å²) in [6.45, 7) is 6.85. The summed E-state index contributed by atoms with van der Waals surface area (Å²) in [7, 11) is 1.65. The normalized spacial score (nSPS) is 19.0. The van der Waals surface area contributed by atoms with E-state index in [1.54, 1.807) is 13.2 Å². The molecule has 1 N–H and O–H groups in total. The van der Waals surface area contributed by atoms with E-state index in [4.69, 9.17) is 19.0 Å². The van der Waals surface area contributed by atoms with Gasteiger partial charge in [-0.15, -0.1) is 0 Å². The molecule has 4 rings (SSSR count). The molecule has 1 heterocycles. The monoisotopic (exact) mass is 536 g/mol. The summed E-state index contributed by atoms with van der Waals surface area (Å²) in [6.07, 6.45) is 7.72. The number of methoxy groups -OCH3 is 1. The number of fused-ring (bicyclic) bond motifs is 1. The van der Waals surface area contributed by atoms with Crippen LogP contribution in [0.3, 0.4) is 0 Å². The van der Waals surface area contributed by atoms with Gasteiger partial charge in [0.15, 0.2) is 6.29 Å². The topological polar surface area (TPSA) is 86.3 Å². The van der Waals surface area contributed by atoms with Gasteiger partial charge in [0.05, 0.1) is 13.2 Å².